The van der Waals surface area contributed by atoms with Crippen LogP contribution in [0.15, 0.2) is 66.7 Å². The largest absolute Gasteiger partial charge is 0.508 e. The molecule has 0 saturated carbocycles. The summed E-state index contributed by atoms with van der Waals surface area (Å²) < 4.78 is 12.1. The Hall–Kier alpha value is -4.80. The Kier molecular flexibility index (Phi) is 6.01. The summed E-state index contributed by atoms with van der Waals surface area (Å²) in [5.41, 5.74) is 1.67. The van der Waals surface area contributed by atoms with E-state index in [2.05, 4.69) is 0 Å². The summed E-state index contributed by atoms with van der Waals surface area (Å²) in [6.07, 6.45) is -4.53. The molecule has 10 nitrogen and oxygen atoms in total. The van der Waals surface area contributed by atoms with Crippen LogP contribution in [0.5, 0.6) is 46.0 Å². The minimum atomic E-state index is -1.43. The van der Waals surface area contributed by atoms with Crippen molar-refractivity contribution in [1.29, 1.82) is 0 Å². The average Bonchev–Trinajstić information content (AvgIpc) is 2.92. The normalized spacial score (nSPS) is 23.4. The van der Waals surface area contributed by atoms with Crippen molar-refractivity contribution in [3.8, 4) is 46.0 Å². The van der Waals surface area contributed by atoms with Gasteiger partial charge in [0.2, 0.25) is 0 Å². The van der Waals surface area contributed by atoms with E-state index in [-0.39, 0.29) is 40.5 Å². The molecule has 5 atom stereocenters. The summed E-state index contributed by atoms with van der Waals surface area (Å²) in [4.78, 5) is 0. The maximum atomic E-state index is 11.7. The van der Waals surface area contributed by atoms with Crippen molar-refractivity contribution < 1.29 is 50.3 Å². The zero-order valence-corrected chi connectivity index (χ0v) is 20.8. The molecule has 0 radical (unpaired) electrons. The van der Waals surface area contributed by atoms with Crippen molar-refractivity contribution in [2.24, 2.45) is 0 Å². The van der Waals surface area contributed by atoms with Crippen molar-refractivity contribution in [3.05, 3.63) is 94.5 Å². The molecule has 0 bridgehead atoms. The highest BCUT2D eigenvalue weighted by Crippen LogP contribution is 2.53. The van der Waals surface area contributed by atoms with E-state index in [0.29, 0.717) is 22.4 Å². The van der Waals surface area contributed by atoms with Crippen LogP contribution >= 0.6 is 0 Å². The summed E-state index contributed by atoms with van der Waals surface area (Å²) in [5, 5.41) is 84.7. The Morgan fingerprint density at radius 3 is 2.00 bits per heavy atom. The molecule has 0 fully saturated rings. The van der Waals surface area contributed by atoms with E-state index in [1.165, 1.54) is 60.7 Å². The van der Waals surface area contributed by atoms with E-state index in [1.807, 2.05) is 0 Å². The fourth-order valence-electron chi connectivity index (χ4n) is 5.58. The molecule has 2 aliphatic rings. The monoisotopic (exact) mass is 546 g/mol. The summed E-state index contributed by atoms with van der Waals surface area (Å²) in [6, 6.07) is 15.4. The molecule has 10 heteroatoms. The maximum absolute atomic E-state index is 11.7. The van der Waals surface area contributed by atoms with Gasteiger partial charge < -0.3 is 50.3 Å². The summed E-state index contributed by atoms with van der Waals surface area (Å²) in [7, 11) is 0. The Morgan fingerprint density at radius 1 is 0.600 bits per heavy atom. The van der Waals surface area contributed by atoms with E-state index in [0.717, 1.165) is 0 Å². The van der Waals surface area contributed by atoms with Gasteiger partial charge in [-0.05, 0) is 41.5 Å². The first-order chi connectivity index (χ1) is 19.1. The molecule has 40 heavy (non-hydrogen) atoms. The number of hydrogen-bond donors (Lipinski definition) is 8. The van der Waals surface area contributed by atoms with Gasteiger partial charge in [0.05, 0.1) is 6.10 Å². The van der Waals surface area contributed by atoms with Crippen LogP contribution in [0.2, 0.25) is 0 Å². The Balaban J connectivity index is 1.53. The van der Waals surface area contributed by atoms with Gasteiger partial charge in [-0.3, -0.25) is 0 Å². The van der Waals surface area contributed by atoms with E-state index < -0.39 is 47.6 Å². The van der Waals surface area contributed by atoms with Gasteiger partial charge in [-0.15, -0.1) is 0 Å². The van der Waals surface area contributed by atoms with Crippen LogP contribution in [0.25, 0.3) is 0 Å². The van der Waals surface area contributed by atoms with Gasteiger partial charge in [0.1, 0.15) is 29.1 Å². The first kappa shape index (κ1) is 25.5. The second kappa shape index (κ2) is 9.44. The minimum absolute atomic E-state index is 0.0313. The fourth-order valence-corrected chi connectivity index (χ4v) is 5.58. The number of aromatic hydroxyl groups is 6. The van der Waals surface area contributed by atoms with Gasteiger partial charge in [0, 0.05) is 41.2 Å². The number of aliphatic hydroxyl groups is 2. The first-order valence-electron chi connectivity index (χ1n) is 12.5. The highest BCUT2D eigenvalue weighted by atomic mass is 16.5. The minimum Gasteiger partial charge on any atom is -0.508 e. The van der Waals surface area contributed by atoms with Crippen LogP contribution < -0.4 is 9.47 Å². The molecule has 4 aromatic carbocycles. The smallest absolute Gasteiger partial charge is 0.161 e. The predicted octanol–water partition coefficient (Wildman–Crippen LogP) is 3.58. The molecular formula is C30H26O10. The molecule has 0 aliphatic carbocycles. The summed E-state index contributed by atoms with van der Waals surface area (Å²) >= 11 is 0. The number of aliphatic hydroxyl groups excluding tert-OH is 2. The Morgan fingerprint density at radius 2 is 1.25 bits per heavy atom. The lowest BCUT2D eigenvalue weighted by atomic mass is 9.76. The van der Waals surface area contributed by atoms with E-state index in [9.17, 15) is 40.9 Å². The van der Waals surface area contributed by atoms with Crippen LogP contribution in [0.1, 0.15) is 45.9 Å². The lowest BCUT2D eigenvalue weighted by molar-refractivity contribution is 0.00344. The summed E-state index contributed by atoms with van der Waals surface area (Å²) in [6.45, 7) is 0. The maximum Gasteiger partial charge on any atom is 0.161 e. The third-order valence-corrected chi connectivity index (χ3v) is 7.50. The molecule has 8 N–H and O–H groups in total. The molecule has 2 heterocycles. The van der Waals surface area contributed by atoms with Crippen molar-refractivity contribution >= 4 is 0 Å². The van der Waals surface area contributed by atoms with Crippen molar-refractivity contribution in [3.63, 3.8) is 0 Å². The molecule has 0 saturated heterocycles. The SMILES string of the molecule is Oc1ccc2c(c1)O[C@H](c1ccc(O)c(O)c1[C@@H]1c3ccc(O)cc3O[C@H](c3ccc(O)c(O)c3)[C@H]1O)[C@@H](O)C2. The molecule has 6 rings (SSSR count). The number of phenols is 6. The predicted molar refractivity (Wildman–Crippen MR) is 140 cm³/mol. The molecule has 0 aromatic heterocycles. The zero-order valence-electron chi connectivity index (χ0n) is 20.8. The number of hydrogen-bond acceptors (Lipinski definition) is 10. The second-order valence-electron chi connectivity index (χ2n) is 10.0. The molecule has 4 aromatic rings. The standard InChI is InChI=1S/C30H26O10/c31-15-3-1-13-9-22(36)30(39-23(13)11-15)18-6-8-20(34)27(37)26(18)25-17-5-4-16(32)12-24(17)40-29(28(25)38)14-2-7-19(33)21(35)10-14/h1-8,10-12,22,25,28-38H,9H2/t22-,25-,28-,29+,30+/m0/s1. The summed E-state index contributed by atoms with van der Waals surface area (Å²) in [5.74, 6) is -2.55. The van der Waals surface area contributed by atoms with E-state index >= 15 is 0 Å². The molecular weight excluding hydrogens is 520 g/mol. The number of phenolic OH excluding ortho intramolecular Hbond substituents is 6. The molecule has 0 amide bonds. The van der Waals surface area contributed by atoms with Crippen molar-refractivity contribution in [1.82, 2.24) is 0 Å². The van der Waals surface area contributed by atoms with Crippen LogP contribution in [0.4, 0.5) is 0 Å². The third-order valence-electron chi connectivity index (χ3n) is 7.50. The van der Waals surface area contributed by atoms with Crippen LogP contribution in [-0.2, 0) is 6.42 Å². The average molecular weight is 547 g/mol. The molecule has 0 spiro atoms. The van der Waals surface area contributed by atoms with Crippen LogP contribution in [0, 0.1) is 0 Å². The Bertz CT molecular complexity index is 1620. The van der Waals surface area contributed by atoms with E-state index in [1.54, 1.807) is 6.07 Å². The number of ether oxygens (including phenoxy) is 2. The quantitative estimate of drug-likeness (QED) is 0.177. The molecule has 206 valence electrons. The number of fused-ring (bicyclic) bond motifs is 2. The van der Waals surface area contributed by atoms with Gasteiger partial charge in [0.25, 0.3) is 0 Å². The highest BCUT2D eigenvalue weighted by molar-refractivity contribution is 5.59. The lowest BCUT2D eigenvalue weighted by Crippen LogP contribution is -2.37. The van der Waals surface area contributed by atoms with Gasteiger partial charge in [-0.25, -0.2) is 0 Å². The second-order valence-corrected chi connectivity index (χ2v) is 10.0. The third kappa shape index (κ3) is 4.14. The molecule has 0 unspecified atom stereocenters. The van der Waals surface area contributed by atoms with Gasteiger partial charge >= 0.3 is 0 Å². The van der Waals surface area contributed by atoms with Crippen molar-refractivity contribution in [2.45, 2.75) is 36.8 Å². The fraction of sp³-hybridized carbons (Fsp3) is 0.200. The van der Waals surface area contributed by atoms with Gasteiger partial charge in [-0.1, -0.05) is 24.3 Å². The van der Waals surface area contributed by atoms with Crippen molar-refractivity contribution in [2.75, 3.05) is 0 Å². The van der Waals surface area contributed by atoms with Crippen LogP contribution in [0.3, 0.4) is 0 Å². The first-order valence-corrected chi connectivity index (χ1v) is 12.5. The van der Waals surface area contributed by atoms with Gasteiger partial charge in [0.15, 0.2) is 35.2 Å². The van der Waals surface area contributed by atoms with E-state index in [4.69, 9.17) is 9.47 Å². The number of benzene rings is 4. The zero-order chi connectivity index (χ0) is 28.3. The highest BCUT2D eigenvalue weighted by Gasteiger charge is 2.44. The molecule has 2 aliphatic heterocycles. The Labute approximate surface area is 227 Å². The van der Waals surface area contributed by atoms with Crippen LogP contribution in [-0.4, -0.2) is 53.1 Å². The topological polar surface area (TPSA) is 180 Å². The van der Waals surface area contributed by atoms with Gasteiger partial charge in [-0.2, -0.15) is 0 Å². The lowest BCUT2D eigenvalue weighted by Gasteiger charge is -2.40. The number of rotatable bonds is 3.